The summed E-state index contributed by atoms with van der Waals surface area (Å²) in [6.07, 6.45) is -35.7. The van der Waals surface area contributed by atoms with Crippen LogP contribution < -0.4 is 0 Å². The maximum Gasteiger partial charge on any atom is 0.460 e. The van der Waals surface area contributed by atoms with Gasteiger partial charge >= 0.3 is 42.5 Å². The first-order chi connectivity index (χ1) is 14.9. The minimum absolute atomic E-state index is 0.134. The molecule has 0 bridgehead atoms. The summed E-state index contributed by atoms with van der Waals surface area (Å²) in [6.45, 7) is -0.386. The molecule has 0 N–H and O–H groups in total. The summed E-state index contributed by atoms with van der Waals surface area (Å²) in [5.74, 6) is -15.7. The molecule has 0 saturated heterocycles. The summed E-state index contributed by atoms with van der Waals surface area (Å²) in [5.41, 5.74) is 0. The summed E-state index contributed by atoms with van der Waals surface area (Å²) in [6, 6.07) is 0. The zero-order valence-electron chi connectivity index (χ0n) is 16.2. The Bertz CT molecular complexity index is 661. The lowest BCUT2D eigenvalue weighted by Gasteiger charge is -2.36. The molecule has 3 nitrogen and oxygen atoms in total. The summed E-state index contributed by atoms with van der Waals surface area (Å²) in [7, 11) is 0. The number of unbranched alkanes of at least 4 members (excludes halogenated alkanes) is 1. The van der Waals surface area contributed by atoms with Crippen LogP contribution in [0.1, 0.15) is 19.3 Å². The molecule has 0 rings (SSSR count). The van der Waals surface area contributed by atoms with Crippen LogP contribution in [0.2, 0.25) is 0 Å². The van der Waals surface area contributed by atoms with Gasteiger partial charge in [-0.3, -0.25) is 0 Å². The molecular weight excluding hydrogens is 532 g/mol. The van der Waals surface area contributed by atoms with Crippen molar-refractivity contribution in [3.63, 3.8) is 0 Å². The van der Waals surface area contributed by atoms with E-state index in [1.54, 1.807) is 0 Å². The standard InChI is InChI=1S/C15H14F16O3/c1-2-3-4-5-8(16)6-32-7-9(17,18)33-14(28,29)15(30,31)34-13(26,27)11(21,22)10(19,20)12(23,24)25/h2,8H,1,3-7H2/t8-/m1/s1. The number of ether oxygens (including phenoxy) is 3. The summed E-state index contributed by atoms with van der Waals surface area (Å²) in [5, 5.41) is 0. The molecule has 0 spiro atoms. The molecule has 0 aromatic rings. The lowest BCUT2D eigenvalue weighted by Crippen LogP contribution is -2.64. The number of halogens is 16. The van der Waals surface area contributed by atoms with Gasteiger partial charge in [-0.15, -0.1) is 6.58 Å². The SMILES string of the molecule is C=CCCC[C@@H](F)COCC(F)(F)OC(F)(F)C(F)(F)OC(F)(F)C(F)(F)C(F)(F)C(F)(F)F. The summed E-state index contributed by atoms with van der Waals surface area (Å²) < 4.78 is 213. The second-order valence-electron chi connectivity index (χ2n) is 6.37. The Morgan fingerprint density at radius 2 is 1.15 bits per heavy atom. The highest BCUT2D eigenvalue weighted by atomic mass is 19.4. The molecule has 1 atom stereocenters. The Morgan fingerprint density at radius 1 is 0.676 bits per heavy atom. The van der Waals surface area contributed by atoms with Gasteiger partial charge in [-0.25, -0.2) is 13.9 Å². The van der Waals surface area contributed by atoms with E-state index in [4.69, 9.17) is 0 Å². The first kappa shape index (κ1) is 32.5. The minimum atomic E-state index is -7.93. The Balaban J connectivity index is 5.38. The number of rotatable bonds is 15. The van der Waals surface area contributed by atoms with Crippen molar-refractivity contribution in [2.24, 2.45) is 0 Å². The molecule has 0 aliphatic heterocycles. The van der Waals surface area contributed by atoms with Gasteiger partial charge in [0.2, 0.25) is 0 Å². The average Bonchev–Trinajstić information content (AvgIpc) is 2.58. The fourth-order valence-corrected chi connectivity index (χ4v) is 1.79. The predicted octanol–water partition coefficient (Wildman–Crippen LogP) is 6.93. The van der Waals surface area contributed by atoms with E-state index in [1.807, 2.05) is 0 Å². The van der Waals surface area contributed by atoms with Crippen LogP contribution in [0, 0.1) is 0 Å². The highest BCUT2D eigenvalue weighted by Gasteiger charge is 2.85. The molecule has 0 unspecified atom stereocenters. The monoisotopic (exact) mass is 546 g/mol. The lowest BCUT2D eigenvalue weighted by molar-refractivity contribution is -0.543. The fraction of sp³-hybridized carbons (Fsp3) is 0.867. The van der Waals surface area contributed by atoms with E-state index in [9.17, 15) is 70.2 Å². The largest absolute Gasteiger partial charge is 0.460 e. The fourth-order valence-electron chi connectivity index (χ4n) is 1.79. The maximum absolute atomic E-state index is 13.3. The average molecular weight is 546 g/mol. The predicted molar refractivity (Wildman–Crippen MR) is 77.7 cm³/mol. The van der Waals surface area contributed by atoms with Crippen LogP contribution in [0.25, 0.3) is 0 Å². The zero-order valence-corrected chi connectivity index (χ0v) is 16.2. The summed E-state index contributed by atoms with van der Waals surface area (Å²) in [4.78, 5) is 0. The Hall–Kier alpha value is -1.50. The van der Waals surface area contributed by atoms with Gasteiger partial charge in [-0.05, 0) is 19.3 Å². The Kier molecular flexibility index (Phi) is 10.2. The molecule has 34 heavy (non-hydrogen) atoms. The van der Waals surface area contributed by atoms with Gasteiger partial charge in [0.25, 0.3) is 0 Å². The van der Waals surface area contributed by atoms with E-state index < -0.39 is 61.8 Å². The van der Waals surface area contributed by atoms with Crippen molar-refractivity contribution in [2.45, 2.75) is 67.9 Å². The third-order valence-electron chi connectivity index (χ3n) is 3.48. The van der Waals surface area contributed by atoms with Crippen LogP contribution in [0.3, 0.4) is 0 Å². The second kappa shape index (κ2) is 10.6. The highest BCUT2D eigenvalue weighted by molar-refractivity contribution is 4.97. The van der Waals surface area contributed by atoms with Gasteiger partial charge in [0.05, 0.1) is 6.61 Å². The maximum atomic E-state index is 13.3. The van der Waals surface area contributed by atoms with E-state index >= 15 is 0 Å². The van der Waals surface area contributed by atoms with Crippen molar-refractivity contribution >= 4 is 0 Å². The lowest BCUT2D eigenvalue weighted by atomic mass is 10.1. The molecule has 0 aromatic heterocycles. The molecule has 19 heteroatoms. The van der Waals surface area contributed by atoms with Gasteiger partial charge in [0.15, 0.2) is 0 Å². The minimum Gasteiger partial charge on any atom is -0.369 e. The molecule has 0 aliphatic carbocycles. The topological polar surface area (TPSA) is 27.7 Å². The van der Waals surface area contributed by atoms with Gasteiger partial charge < -0.3 is 4.74 Å². The zero-order chi connectivity index (χ0) is 27.4. The number of alkyl halides is 16. The van der Waals surface area contributed by atoms with E-state index in [-0.39, 0.29) is 19.3 Å². The molecule has 0 saturated carbocycles. The molecular formula is C15H14F16O3. The third kappa shape index (κ3) is 7.76. The van der Waals surface area contributed by atoms with Gasteiger partial charge in [0, 0.05) is 0 Å². The molecule has 0 heterocycles. The molecule has 204 valence electrons. The van der Waals surface area contributed by atoms with E-state index in [0.29, 0.717) is 0 Å². The van der Waals surface area contributed by atoms with Crippen LogP contribution in [0.4, 0.5) is 70.2 Å². The van der Waals surface area contributed by atoms with Crippen molar-refractivity contribution in [3.05, 3.63) is 12.7 Å². The van der Waals surface area contributed by atoms with Gasteiger partial charge in [0.1, 0.15) is 12.8 Å². The van der Waals surface area contributed by atoms with Crippen LogP contribution in [0.15, 0.2) is 12.7 Å². The molecule has 0 aliphatic rings. The van der Waals surface area contributed by atoms with Gasteiger partial charge in [-0.1, -0.05) is 6.08 Å². The first-order valence-electron chi connectivity index (χ1n) is 8.43. The van der Waals surface area contributed by atoms with Crippen LogP contribution in [-0.2, 0) is 14.2 Å². The number of allylic oxidation sites excluding steroid dienone is 1. The van der Waals surface area contributed by atoms with Crippen molar-refractivity contribution in [3.8, 4) is 0 Å². The quantitative estimate of drug-likeness (QED) is 0.127. The Morgan fingerprint density at radius 3 is 1.59 bits per heavy atom. The molecule has 0 aromatic carbocycles. The number of hydrogen-bond donors (Lipinski definition) is 0. The normalized spacial score (nSPS) is 16.0. The third-order valence-corrected chi connectivity index (χ3v) is 3.48. The van der Waals surface area contributed by atoms with E-state index in [1.165, 1.54) is 10.8 Å². The highest BCUT2D eigenvalue weighted by Crippen LogP contribution is 2.55. The molecule has 0 fully saturated rings. The smallest absolute Gasteiger partial charge is 0.369 e. The van der Waals surface area contributed by atoms with Crippen LogP contribution >= 0.6 is 0 Å². The second-order valence-corrected chi connectivity index (χ2v) is 6.37. The summed E-state index contributed by atoms with van der Waals surface area (Å²) >= 11 is 0. The van der Waals surface area contributed by atoms with Crippen LogP contribution in [-0.4, -0.2) is 61.8 Å². The molecule has 0 amide bonds. The van der Waals surface area contributed by atoms with Crippen molar-refractivity contribution in [2.75, 3.05) is 13.2 Å². The van der Waals surface area contributed by atoms with Crippen molar-refractivity contribution in [1.82, 2.24) is 0 Å². The Labute approximate surface area is 179 Å². The van der Waals surface area contributed by atoms with Crippen molar-refractivity contribution in [1.29, 1.82) is 0 Å². The number of hydrogen-bond acceptors (Lipinski definition) is 3. The van der Waals surface area contributed by atoms with Gasteiger partial charge in [-0.2, -0.15) is 65.9 Å². The first-order valence-corrected chi connectivity index (χ1v) is 8.43. The molecule has 0 radical (unpaired) electrons. The van der Waals surface area contributed by atoms with Crippen LogP contribution in [0.5, 0.6) is 0 Å². The van der Waals surface area contributed by atoms with Crippen molar-refractivity contribution < 1.29 is 84.5 Å². The van der Waals surface area contributed by atoms with E-state index in [0.717, 1.165) is 0 Å². The van der Waals surface area contributed by atoms with E-state index in [2.05, 4.69) is 16.1 Å².